The van der Waals surface area contributed by atoms with Crippen LogP contribution in [0.5, 0.6) is 0 Å². The Morgan fingerprint density at radius 2 is 1.80 bits per heavy atom. The zero-order chi connectivity index (χ0) is 17.8. The van der Waals surface area contributed by atoms with Crippen LogP contribution >= 0.6 is 12.2 Å². The molecule has 0 saturated carbocycles. The van der Waals surface area contributed by atoms with Crippen LogP contribution in [0.3, 0.4) is 0 Å². The second-order valence-corrected chi connectivity index (χ2v) is 5.98. The number of benzene rings is 2. The van der Waals surface area contributed by atoms with Gasteiger partial charge in [-0.2, -0.15) is 4.80 Å². The van der Waals surface area contributed by atoms with Gasteiger partial charge in [0.1, 0.15) is 11.0 Å². The van der Waals surface area contributed by atoms with E-state index in [0.29, 0.717) is 6.42 Å². The van der Waals surface area contributed by atoms with Gasteiger partial charge in [0.15, 0.2) is 5.11 Å². The minimum atomic E-state index is -0.125. The largest absolute Gasteiger partial charge is 0.332 e. The Morgan fingerprint density at radius 1 is 1.08 bits per heavy atom. The fraction of sp³-hybridized carbons (Fsp3) is 0.222. The molecule has 2 N–H and O–H groups in total. The van der Waals surface area contributed by atoms with Crippen LogP contribution in [-0.4, -0.2) is 26.0 Å². The number of amides is 1. The maximum atomic E-state index is 11.4. The van der Waals surface area contributed by atoms with Crippen molar-refractivity contribution in [1.82, 2.24) is 20.3 Å². The predicted molar refractivity (Wildman–Crippen MR) is 103 cm³/mol. The van der Waals surface area contributed by atoms with Gasteiger partial charge in [0.05, 0.1) is 5.69 Å². The number of thiocarbonyl (C=S) groups is 1. The van der Waals surface area contributed by atoms with Crippen molar-refractivity contribution in [3.05, 3.63) is 48.0 Å². The van der Waals surface area contributed by atoms with Crippen LogP contribution in [0.4, 0.5) is 5.69 Å². The molecule has 0 bridgehead atoms. The molecule has 0 atom stereocenters. The molecule has 2 aromatic carbocycles. The molecule has 1 heterocycles. The summed E-state index contributed by atoms with van der Waals surface area (Å²) in [7, 11) is 0. The normalized spacial score (nSPS) is 10.6. The molecule has 0 fully saturated rings. The number of fused-ring (bicyclic) bond motifs is 1. The van der Waals surface area contributed by atoms with E-state index < -0.39 is 0 Å². The highest BCUT2D eigenvalue weighted by atomic mass is 32.1. The minimum absolute atomic E-state index is 0.125. The van der Waals surface area contributed by atoms with Crippen molar-refractivity contribution < 1.29 is 4.79 Å². The fourth-order valence-electron chi connectivity index (χ4n) is 2.35. The number of hydrogen-bond donors (Lipinski definition) is 2. The number of anilines is 1. The number of carbonyl (C=O) groups excluding carboxylic acids is 1. The van der Waals surface area contributed by atoms with E-state index in [0.717, 1.165) is 28.8 Å². The Bertz CT molecular complexity index is 917. The molecule has 0 unspecified atom stereocenters. The van der Waals surface area contributed by atoms with Crippen molar-refractivity contribution in [1.29, 1.82) is 0 Å². The summed E-state index contributed by atoms with van der Waals surface area (Å²) in [6.45, 7) is 3.90. The zero-order valence-electron chi connectivity index (χ0n) is 14.1. The molecule has 3 rings (SSSR count). The first-order chi connectivity index (χ1) is 12.1. The van der Waals surface area contributed by atoms with Crippen LogP contribution in [-0.2, 0) is 11.2 Å². The third-order valence-corrected chi connectivity index (χ3v) is 3.99. The summed E-state index contributed by atoms with van der Waals surface area (Å²) < 4.78 is 0. The average molecular weight is 353 g/mol. The van der Waals surface area contributed by atoms with Gasteiger partial charge in [-0.25, -0.2) is 0 Å². The molecule has 0 aliphatic rings. The lowest BCUT2D eigenvalue weighted by Gasteiger charge is -2.08. The summed E-state index contributed by atoms with van der Waals surface area (Å²) in [5.41, 5.74) is 4.47. The summed E-state index contributed by atoms with van der Waals surface area (Å²) in [5, 5.41) is 14.9. The van der Waals surface area contributed by atoms with Crippen LogP contribution in [0.1, 0.15) is 25.8 Å². The Hall–Kier alpha value is -2.80. The summed E-state index contributed by atoms with van der Waals surface area (Å²) in [6, 6.07) is 13.7. The van der Waals surface area contributed by atoms with Crippen LogP contribution in [0, 0.1) is 0 Å². The first kappa shape index (κ1) is 17.0. The van der Waals surface area contributed by atoms with Crippen molar-refractivity contribution in [2.75, 3.05) is 5.32 Å². The smallest absolute Gasteiger partial charge is 0.225 e. The zero-order valence-corrected chi connectivity index (χ0v) is 14.9. The highest BCUT2D eigenvalue weighted by Crippen LogP contribution is 2.18. The van der Waals surface area contributed by atoms with Gasteiger partial charge in [-0.3, -0.25) is 4.79 Å². The number of carbonyl (C=O) groups is 1. The maximum Gasteiger partial charge on any atom is 0.225 e. The van der Waals surface area contributed by atoms with Crippen molar-refractivity contribution in [2.24, 2.45) is 0 Å². The third-order valence-electron chi connectivity index (χ3n) is 3.79. The molecule has 1 aromatic heterocycles. The molecule has 0 saturated heterocycles. The van der Waals surface area contributed by atoms with Gasteiger partial charge in [0.2, 0.25) is 5.91 Å². The fourth-order valence-corrected chi connectivity index (χ4v) is 2.58. The standard InChI is InChI=1S/C18H19N5OS/c1-3-12-5-8-14(9-6-12)23-21-15-10-7-13(11-16(15)22-23)19-18(25)20-17(24)4-2/h5-11H,3-4H2,1-2H3,(H2,19,20,24,25). The summed E-state index contributed by atoms with van der Waals surface area (Å²) >= 11 is 5.12. The summed E-state index contributed by atoms with van der Waals surface area (Å²) in [4.78, 5) is 13.0. The maximum absolute atomic E-state index is 11.4. The van der Waals surface area contributed by atoms with Gasteiger partial charge in [-0.1, -0.05) is 26.0 Å². The van der Waals surface area contributed by atoms with E-state index in [9.17, 15) is 4.79 Å². The van der Waals surface area contributed by atoms with Crippen molar-refractivity contribution >= 4 is 40.0 Å². The van der Waals surface area contributed by atoms with Gasteiger partial charge in [-0.15, -0.1) is 10.2 Å². The topological polar surface area (TPSA) is 71.8 Å². The first-order valence-corrected chi connectivity index (χ1v) is 8.57. The van der Waals surface area contributed by atoms with Crippen LogP contribution in [0.2, 0.25) is 0 Å². The number of rotatable bonds is 4. The van der Waals surface area contributed by atoms with Crippen molar-refractivity contribution in [2.45, 2.75) is 26.7 Å². The van der Waals surface area contributed by atoms with Gasteiger partial charge in [0.25, 0.3) is 0 Å². The molecular weight excluding hydrogens is 334 g/mol. The number of aromatic nitrogens is 3. The second-order valence-electron chi connectivity index (χ2n) is 5.57. The lowest BCUT2D eigenvalue weighted by atomic mass is 10.2. The van der Waals surface area contributed by atoms with Crippen LogP contribution < -0.4 is 10.6 Å². The van der Waals surface area contributed by atoms with Crippen molar-refractivity contribution in [3.8, 4) is 5.69 Å². The molecule has 0 spiro atoms. The lowest BCUT2D eigenvalue weighted by Crippen LogP contribution is -2.33. The van der Waals surface area contributed by atoms with Gasteiger partial charge in [0, 0.05) is 12.1 Å². The molecule has 128 valence electrons. The van der Waals surface area contributed by atoms with E-state index in [-0.39, 0.29) is 11.0 Å². The number of aryl methyl sites for hydroxylation is 1. The van der Waals surface area contributed by atoms with E-state index in [4.69, 9.17) is 12.2 Å². The summed E-state index contributed by atoms with van der Waals surface area (Å²) in [6.07, 6.45) is 1.38. The summed E-state index contributed by atoms with van der Waals surface area (Å²) in [5.74, 6) is -0.125. The Labute approximate surface area is 151 Å². The molecule has 3 aromatic rings. The molecule has 7 heteroatoms. The third kappa shape index (κ3) is 4.00. The Morgan fingerprint density at radius 3 is 2.48 bits per heavy atom. The number of hydrogen-bond acceptors (Lipinski definition) is 4. The van der Waals surface area contributed by atoms with Gasteiger partial charge in [-0.05, 0) is 54.5 Å². The molecule has 1 amide bonds. The molecule has 0 aliphatic carbocycles. The molecule has 0 radical (unpaired) electrons. The molecule has 25 heavy (non-hydrogen) atoms. The Balaban J connectivity index is 1.81. The Kier molecular flexibility index (Phi) is 5.04. The quantitative estimate of drug-likeness (QED) is 0.705. The molecular formula is C18H19N5OS. The average Bonchev–Trinajstić information content (AvgIpc) is 3.04. The van der Waals surface area contributed by atoms with E-state index in [1.807, 2.05) is 30.3 Å². The van der Waals surface area contributed by atoms with Gasteiger partial charge < -0.3 is 10.6 Å². The number of nitrogens with one attached hydrogen (secondary N) is 2. The highest BCUT2D eigenvalue weighted by Gasteiger charge is 2.07. The van der Waals surface area contributed by atoms with Crippen LogP contribution in [0.25, 0.3) is 16.7 Å². The first-order valence-electron chi connectivity index (χ1n) is 8.16. The SMILES string of the molecule is CCC(=O)NC(=S)Nc1ccc2nn(-c3ccc(CC)cc3)nc2c1. The van der Waals surface area contributed by atoms with Crippen molar-refractivity contribution in [3.63, 3.8) is 0 Å². The van der Waals surface area contributed by atoms with E-state index >= 15 is 0 Å². The highest BCUT2D eigenvalue weighted by molar-refractivity contribution is 7.80. The van der Waals surface area contributed by atoms with E-state index in [1.54, 1.807) is 11.7 Å². The van der Waals surface area contributed by atoms with E-state index in [1.165, 1.54) is 5.56 Å². The second kappa shape index (κ2) is 7.40. The van der Waals surface area contributed by atoms with E-state index in [2.05, 4.69) is 39.9 Å². The monoisotopic (exact) mass is 353 g/mol. The predicted octanol–water partition coefficient (Wildman–Crippen LogP) is 3.21. The molecule has 0 aliphatic heterocycles. The molecule has 6 nitrogen and oxygen atoms in total. The number of nitrogens with zero attached hydrogens (tertiary/aromatic N) is 3. The van der Waals surface area contributed by atoms with Crippen LogP contribution in [0.15, 0.2) is 42.5 Å². The van der Waals surface area contributed by atoms with Gasteiger partial charge >= 0.3 is 0 Å². The minimum Gasteiger partial charge on any atom is -0.332 e. The lowest BCUT2D eigenvalue weighted by molar-refractivity contribution is -0.119.